The van der Waals surface area contributed by atoms with Crippen LogP contribution in [0.4, 0.5) is 0 Å². The highest BCUT2D eigenvalue weighted by Crippen LogP contribution is 2.22. The van der Waals surface area contributed by atoms with Crippen LogP contribution in [0.3, 0.4) is 0 Å². The van der Waals surface area contributed by atoms with Crippen LogP contribution in [-0.4, -0.2) is 25.4 Å². The number of hydrogen-bond donors (Lipinski definition) is 1. The van der Waals surface area contributed by atoms with Crippen LogP contribution in [0.15, 0.2) is 24.3 Å². The fourth-order valence-electron chi connectivity index (χ4n) is 1.90. The van der Waals surface area contributed by atoms with Crippen molar-refractivity contribution in [3.8, 4) is 5.75 Å². The maximum absolute atomic E-state index is 5.79. The number of nitrogens with one attached hydrogen (secondary N) is 1. The fourth-order valence-corrected chi connectivity index (χ4v) is 1.90. The van der Waals surface area contributed by atoms with Crippen LogP contribution in [0, 0.1) is 0 Å². The van der Waals surface area contributed by atoms with Crippen molar-refractivity contribution in [2.75, 3.05) is 19.8 Å². The van der Waals surface area contributed by atoms with Gasteiger partial charge in [0.2, 0.25) is 0 Å². The normalized spacial score (nSPS) is 21.2. The quantitative estimate of drug-likeness (QED) is 0.854. The summed E-state index contributed by atoms with van der Waals surface area (Å²) in [5, 5.41) is 3.44. The molecule has 0 bridgehead atoms. The lowest BCUT2D eigenvalue weighted by Crippen LogP contribution is -2.34. The highest BCUT2D eigenvalue weighted by molar-refractivity contribution is 5.29. The molecule has 1 aliphatic rings. The second kappa shape index (κ2) is 5.07. The summed E-state index contributed by atoms with van der Waals surface area (Å²) in [6.07, 6.45) is 0. The molecule has 1 aromatic carbocycles. The van der Waals surface area contributed by atoms with Gasteiger partial charge in [0.1, 0.15) is 11.4 Å². The molecular weight excluding hydrogens is 214 g/mol. The zero-order chi connectivity index (χ0) is 12.3. The second-order valence-corrected chi connectivity index (χ2v) is 5.37. The Hall–Kier alpha value is -1.06. The molecule has 3 nitrogen and oxygen atoms in total. The summed E-state index contributed by atoms with van der Waals surface area (Å²) in [6.45, 7) is 8.64. The van der Waals surface area contributed by atoms with Gasteiger partial charge in [-0.15, -0.1) is 0 Å². The first kappa shape index (κ1) is 12.4. The molecule has 1 saturated heterocycles. The third-order valence-electron chi connectivity index (χ3n) is 2.63. The van der Waals surface area contributed by atoms with Crippen molar-refractivity contribution >= 4 is 0 Å². The van der Waals surface area contributed by atoms with Gasteiger partial charge < -0.3 is 14.8 Å². The second-order valence-electron chi connectivity index (χ2n) is 5.37. The van der Waals surface area contributed by atoms with E-state index in [0.717, 1.165) is 25.5 Å². The molecule has 17 heavy (non-hydrogen) atoms. The standard InChI is InChI=1S/C14H21NO2/c1-14(2,3)17-12-6-4-11(5-7-12)13-10-16-9-8-15-13/h4-7,13,15H,8-10H2,1-3H3/t13-/m0/s1. The molecule has 1 aromatic rings. The predicted molar refractivity (Wildman–Crippen MR) is 68.4 cm³/mol. The zero-order valence-electron chi connectivity index (χ0n) is 10.8. The van der Waals surface area contributed by atoms with Gasteiger partial charge in [0.15, 0.2) is 0 Å². The smallest absolute Gasteiger partial charge is 0.120 e. The van der Waals surface area contributed by atoms with E-state index in [-0.39, 0.29) is 5.60 Å². The summed E-state index contributed by atoms with van der Waals surface area (Å²) in [6, 6.07) is 8.57. The van der Waals surface area contributed by atoms with Crippen LogP contribution in [0.25, 0.3) is 0 Å². The summed E-state index contributed by atoms with van der Waals surface area (Å²) < 4.78 is 11.2. The van der Waals surface area contributed by atoms with Crippen molar-refractivity contribution < 1.29 is 9.47 Å². The molecule has 2 rings (SSSR count). The monoisotopic (exact) mass is 235 g/mol. The van der Waals surface area contributed by atoms with E-state index in [1.807, 2.05) is 12.1 Å². The molecule has 0 unspecified atom stereocenters. The van der Waals surface area contributed by atoms with Gasteiger partial charge >= 0.3 is 0 Å². The lowest BCUT2D eigenvalue weighted by Gasteiger charge is -2.25. The van der Waals surface area contributed by atoms with Gasteiger partial charge in [-0.3, -0.25) is 0 Å². The van der Waals surface area contributed by atoms with Crippen molar-refractivity contribution in [2.45, 2.75) is 32.4 Å². The number of hydrogen-bond acceptors (Lipinski definition) is 3. The minimum Gasteiger partial charge on any atom is -0.488 e. The summed E-state index contributed by atoms with van der Waals surface area (Å²) in [5.74, 6) is 0.915. The lowest BCUT2D eigenvalue weighted by molar-refractivity contribution is 0.0768. The molecule has 1 atom stereocenters. The van der Waals surface area contributed by atoms with Gasteiger partial charge in [-0.25, -0.2) is 0 Å². The first-order valence-electron chi connectivity index (χ1n) is 6.15. The Morgan fingerprint density at radius 1 is 1.24 bits per heavy atom. The Balaban J connectivity index is 2.02. The van der Waals surface area contributed by atoms with Gasteiger partial charge in [-0.2, -0.15) is 0 Å². The maximum Gasteiger partial charge on any atom is 0.120 e. The van der Waals surface area contributed by atoms with Crippen LogP contribution in [-0.2, 0) is 4.74 Å². The molecule has 0 aliphatic carbocycles. The molecular formula is C14H21NO2. The Kier molecular flexibility index (Phi) is 3.69. The third kappa shape index (κ3) is 3.72. The van der Waals surface area contributed by atoms with E-state index >= 15 is 0 Å². The van der Waals surface area contributed by atoms with E-state index in [4.69, 9.17) is 9.47 Å². The Bertz CT molecular complexity index is 347. The van der Waals surface area contributed by atoms with Crippen molar-refractivity contribution in [3.05, 3.63) is 29.8 Å². The molecule has 94 valence electrons. The zero-order valence-corrected chi connectivity index (χ0v) is 10.8. The Labute approximate surface area is 103 Å². The average molecular weight is 235 g/mol. The SMILES string of the molecule is CC(C)(C)Oc1ccc([C@@H]2COCCN2)cc1. The van der Waals surface area contributed by atoms with E-state index in [1.165, 1.54) is 5.56 Å². The maximum atomic E-state index is 5.79. The molecule has 1 fully saturated rings. The first-order chi connectivity index (χ1) is 8.04. The number of rotatable bonds is 2. The van der Waals surface area contributed by atoms with E-state index in [1.54, 1.807) is 0 Å². The van der Waals surface area contributed by atoms with Crippen molar-refractivity contribution in [1.82, 2.24) is 5.32 Å². The van der Waals surface area contributed by atoms with Gasteiger partial charge in [0, 0.05) is 6.54 Å². The van der Waals surface area contributed by atoms with Crippen LogP contribution >= 0.6 is 0 Å². The van der Waals surface area contributed by atoms with Crippen molar-refractivity contribution in [2.24, 2.45) is 0 Å². The highest BCUT2D eigenvalue weighted by atomic mass is 16.5. The van der Waals surface area contributed by atoms with Gasteiger partial charge in [-0.1, -0.05) is 12.1 Å². The molecule has 0 radical (unpaired) electrons. The lowest BCUT2D eigenvalue weighted by atomic mass is 10.1. The highest BCUT2D eigenvalue weighted by Gasteiger charge is 2.16. The van der Waals surface area contributed by atoms with Crippen molar-refractivity contribution in [3.63, 3.8) is 0 Å². The number of morpholine rings is 1. The Morgan fingerprint density at radius 3 is 2.47 bits per heavy atom. The van der Waals surface area contributed by atoms with Crippen LogP contribution in [0.5, 0.6) is 5.75 Å². The number of benzene rings is 1. The van der Waals surface area contributed by atoms with Crippen LogP contribution < -0.4 is 10.1 Å². The molecule has 1 aliphatic heterocycles. The largest absolute Gasteiger partial charge is 0.488 e. The molecule has 0 amide bonds. The molecule has 0 aromatic heterocycles. The summed E-state index contributed by atoms with van der Waals surface area (Å²) in [4.78, 5) is 0. The number of ether oxygens (including phenoxy) is 2. The summed E-state index contributed by atoms with van der Waals surface area (Å²) in [5.41, 5.74) is 1.11. The summed E-state index contributed by atoms with van der Waals surface area (Å²) in [7, 11) is 0. The van der Waals surface area contributed by atoms with E-state index in [9.17, 15) is 0 Å². The Morgan fingerprint density at radius 2 is 1.94 bits per heavy atom. The minimum atomic E-state index is -0.145. The molecule has 0 saturated carbocycles. The average Bonchev–Trinajstić information content (AvgIpc) is 2.29. The summed E-state index contributed by atoms with van der Waals surface area (Å²) >= 11 is 0. The van der Waals surface area contributed by atoms with E-state index < -0.39 is 0 Å². The molecule has 1 heterocycles. The topological polar surface area (TPSA) is 30.5 Å². The van der Waals surface area contributed by atoms with Gasteiger partial charge in [0.05, 0.1) is 19.3 Å². The molecule has 1 N–H and O–H groups in total. The predicted octanol–water partition coefficient (Wildman–Crippen LogP) is 2.52. The van der Waals surface area contributed by atoms with Crippen molar-refractivity contribution in [1.29, 1.82) is 0 Å². The first-order valence-corrected chi connectivity index (χ1v) is 6.15. The van der Waals surface area contributed by atoms with Crippen LogP contribution in [0.1, 0.15) is 32.4 Å². The van der Waals surface area contributed by atoms with E-state index in [2.05, 4.69) is 38.2 Å². The fraction of sp³-hybridized carbons (Fsp3) is 0.571. The van der Waals surface area contributed by atoms with E-state index in [0.29, 0.717) is 6.04 Å². The van der Waals surface area contributed by atoms with Gasteiger partial charge in [-0.05, 0) is 38.5 Å². The molecule has 3 heteroatoms. The van der Waals surface area contributed by atoms with Gasteiger partial charge in [0.25, 0.3) is 0 Å². The minimum absolute atomic E-state index is 0.145. The third-order valence-corrected chi connectivity index (χ3v) is 2.63. The molecule has 0 spiro atoms. The van der Waals surface area contributed by atoms with Crippen LogP contribution in [0.2, 0.25) is 0 Å².